The summed E-state index contributed by atoms with van der Waals surface area (Å²) in [7, 11) is 0. The molecule has 0 aromatic carbocycles. The van der Waals surface area contributed by atoms with E-state index in [0.29, 0.717) is 6.41 Å². The van der Waals surface area contributed by atoms with E-state index in [2.05, 4.69) is 10.3 Å². The summed E-state index contributed by atoms with van der Waals surface area (Å²) >= 11 is 0. The van der Waals surface area contributed by atoms with Crippen LogP contribution in [-0.2, 0) is 4.79 Å². The van der Waals surface area contributed by atoms with Gasteiger partial charge in [0.25, 0.3) is 0 Å². The Morgan fingerprint density at radius 3 is 2.86 bits per heavy atom. The highest BCUT2D eigenvalue weighted by atomic mass is 16.1. The molecule has 0 N–H and O–H groups in total. The van der Waals surface area contributed by atoms with Gasteiger partial charge in [0.05, 0.1) is 12.4 Å². The SMILES string of the molecule is O=Cn1ccnn1. The molecule has 1 aromatic rings. The van der Waals surface area contributed by atoms with Crippen LogP contribution in [0.15, 0.2) is 12.4 Å². The lowest BCUT2D eigenvalue weighted by atomic mass is 10.9. The zero-order chi connectivity index (χ0) is 5.11. The van der Waals surface area contributed by atoms with E-state index in [4.69, 9.17) is 0 Å². The highest BCUT2D eigenvalue weighted by molar-refractivity contribution is 5.49. The van der Waals surface area contributed by atoms with Crippen LogP contribution in [0.5, 0.6) is 0 Å². The van der Waals surface area contributed by atoms with E-state index in [1.54, 1.807) is 0 Å². The summed E-state index contributed by atoms with van der Waals surface area (Å²) in [5.41, 5.74) is 0. The molecule has 36 valence electrons. The first kappa shape index (κ1) is 3.98. The molecule has 1 heterocycles. The Kier molecular flexibility index (Phi) is 0.856. The largest absolute Gasteiger partial charge is 0.276 e. The van der Waals surface area contributed by atoms with E-state index < -0.39 is 0 Å². The van der Waals surface area contributed by atoms with Crippen molar-refractivity contribution in [2.45, 2.75) is 0 Å². The highest BCUT2D eigenvalue weighted by Crippen LogP contribution is 1.67. The normalized spacial score (nSPS) is 8.57. The first-order valence-electron chi connectivity index (χ1n) is 1.74. The van der Waals surface area contributed by atoms with Crippen molar-refractivity contribution in [1.29, 1.82) is 0 Å². The fraction of sp³-hybridized carbons (Fsp3) is 0. The van der Waals surface area contributed by atoms with Crippen LogP contribution in [-0.4, -0.2) is 21.4 Å². The average Bonchev–Trinajstić information content (AvgIpc) is 2.14. The first-order chi connectivity index (χ1) is 3.43. The molecule has 0 fully saturated rings. The predicted molar refractivity (Wildman–Crippen MR) is 22.2 cm³/mol. The molecule has 4 heteroatoms. The van der Waals surface area contributed by atoms with Gasteiger partial charge in [-0.2, -0.15) is 4.68 Å². The summed E-state index contributed by atoms with van der Waals surface area (Å²) in [5.74, 6) is 0. The van der Waals surface area contributed by atoms with E-state index in [-0.39, 0.29) is 0 Å². The molecule has 0 amide bonds. The maximum Gasteiger partial charge on any atom is 0.235 e. The molecular formula is C3H3N3O. The van der Waals surface area contributed by atoms with Gasteiger partial charge in [-0.25, -0.2) is 0 Å². The fourth-order valence-electron chi connectivity index (χ4n) is 0.274. The van der Waals surface area contributed by atoms with Crippen LogP contribution >= 0.6 is 0 Å². The average molecular weight is 97.1 g/mol. The topological polar surface area (TPSA) is 47.8 Å². The van der Waals surface area contributed by atoms with E-state index in [1.807, 2.05) is 0 Å². The lowest BCUT2D eigenvalue weighted by Crippen LogP contribution is -1.93. The monoisotopic (exact) mass is 97.0 g/mol. The van der Waals surface area contributed by atoms with Crippen LogP contribution in [0.3, 0.4) is 0 Å². The van der Waals surface area contributed by atoms with Gasteiger partial charge in [0.15, 0.2) is 0 Å². The van der Waals surface area contributed by atoms with Crippen LogP contribution < -0.4 is 0 Å². The fourth-order valence-corrected chi connectivity index (χ4v) is 0.274. The molecule has 0 saturated heterocycles. The molecule has 0 bridgehead atoms. The van der Waals surface area contributed by atoms with Gasteiger partial charge in [0.2, 0.25) is 6.41 Å². The van der Waals surface area contributed by atoms with Crippen LogP contribution in [0.4, 0.5) is 0 Å². The Hall–Kier alpha value is -1.19. The molecule has 0 aliphatic carbocycles. The van der Waals surface area contributed by atoms with Gasteiger partial charge in [-0.15, -0.1) is 5.10 Å². The number of nitrogens with zero attached hydrogens (tertiary/aromatic N) is 3. The minimum Gasteiger partial charge on any atom is -0.276 e. The second-order valence-corrected chi connectivity index (χ2v) is 0.988. The predicted octanol–water partition coefficient (Wildman–Crippen LogP) is -0.684. The first-order valence-corrected chi connectivity index (χ1v) is 1.74. The second kappa shape index (κ2) is 1.51. The minimum absolute atomic E-state index is 0.576. The molecule has 7 heavy (non-hydrogen) atoms. The summed E-state index contributed by atoms with van der Waals surface area (Å²) in [4.78, 5) is 9.73. The molecule has 1 rings (SSSR count). The lowest BCUT2D eigenvalue weighted by Gasteiger charge is -1.73. The Balaban J connectivity index is 2.96. The molecule has 0 unspecified atom stereocenters. The molecule has 4 nitrogen and oxygen atoms in total. The second-order valence-electron chi connectivity index (χ2n) is 0.988. The molecule has 0 atom stereocenters. The summed E-state index contributed by atoms with van der Waals surface area (Å²) < 4.78 is 1.08. The van der Waals surface area contributed by atoms with Gasteiger partial charge in [0.1, 0.15) is 0 Å². The Labute approximate surface area is 39.8 Å². The minimum atomic E-state index is 0.576. The summed E-state index contributed by atoms with van der Waals surface area (Å²) in [5, 5.41) is 6.71. The third kappa shape index (κ3) is 0.623. The molecule has 0 radical (unpaired) electrons. The van der Waals surface area contributed by atoms with Crippen LogP contribution in [0.2, 0.25) is 0 Å². The Bertz CT molecular complexity index is 145. The van der Waals surface area contributed by atoms with Gasteiger partial charge in [-0.1, -0.05) is 5.21 Å². The molecule has 0 saturated carbocycles. The number of carbonyl (C=O) groups is 1. The molecular weight excluding hydrogens is 94.1 g/mol. The van der Waals surface area contributed by atoms with Crippen molar-refractivity contribution in [3.05, 3.63) is 12.4 Å². The summed E-state index contributed by atoms with van der Waals surface area (Å²) in [6.45, 7) is 0. The van der Waals surface area contributed by atoms with Crippen molar-refractivity contribution in [2.24, 2.45) is 0 Å². The maximum absolute atomic E-state index is 9.73. The van der Waals surface area contributed by atoms with E-state index >= 15 is 0 Å². The maximum atomic E-state index is 9.73. The molecule has 0 aliphatic rings. The standard InChI is InChI=1S/C3H3N3O/c7-3-6-2-1-4-5-6/h1-3H. The van der Waals surface area contributed by atoms with Gasteiger partial charge in [-0.3, -0.25) is 4.79 Å². The lowest BCUT2D eigenvalue weighted by molar-refractivity contribution is 0.538. The number of hydrogen-bond donors (Lipinski definition) is 0. The van der Waals surface area contributed by atoms with Crippen molar-refractivity contribution in [2.75, 3.05) is 0 Å². The van der Waals surface area contributed by atoms with Gasteiger partial charge < -0.3 is 0 Å². The van der Waals surface area contributed by atoms with Crippen LogP contribution in [0, 0.1) is 0 Å². The summed E-state index contributed by atoms with van der Waals surface area (Å²) in [6.07, 6.45) is 3.48. The highest BCUT2D eigenvalue weighted by Gasteiger charge is 1.78. The summed E-state index contributed by atoms with van der Waals surface area (Å²) in [6, 6.07) is 0. The van der Waals surface area contributed by atoms with Gasteiger partial charge >= 0.3 is 0 Å². The van der Waals surface area contributed by atoms with Crippen molar-refractivity contribution in [1.82, 2.24) is 15.0 Å². The van der Waals surface area contributed by atoms with E-state index in [1.165, 1.54) is 12.4 Å². The quantitative estimate of drug-likeness (QED) is 0.436. The zero-order valence-electron chi connectivity index (χ0n) is 3.48. The Morgan fingerprint density at radius 1 is 1.71 bits per heavy atom. The van der Waals surface area contributed by atoms with Gasteiger partial charge in [0, 0.05) is 0 Å². The number of rotatable bonds is 1. The Morgan fingerprint density at radius 2 is 2.57 bits per heavy atom. The number of aromatic nitrogens is 3. The van der Waals surface area contributed by atoms with Crippen LogP contribution in [0.25, 0.3) is 0 Å². The van der Waals surface area contributed by atoms with E-state index in [0.717, 1.165) is 4.68 Å². The molecule has 1 aromatic heterocycles. The molecule has 0 spiro atoms. The van der Waals surface area contributed by atoms with Crippen molar-refractivity contribution < 1.29 is 4.79 Å². The van der Waals surface area contributed by atoms with Crippen LogP contribution in [0.1, 0.15) is 0 Å². The number of carbonyl (C=O) groups excluding carboxylic acids is 1. The zero-order valence-corrected chi connectivity index (χ0v) is 3.48. The van der Waals surface area contributed by atoms with Crippen molar-refractivity contribution in [3.63, 3.8) is 0 Å². The number of hydrogen-bond acceptors (Lipinski definition) is 3. The third-order valence-corrected chi connectivity index (χ3v) is 0.549. The van der Waals surface area contributed by atoms with Gasteiger partial charge in [-0.05, 0) is 0 Å². The third-order valence-electron chi connectivity index (χ3n) is 0.549. The molecule has 0 aliphatic heterocycles. The van der Waals surface area contributed by atoms with Crippen molar-refractivity contribution >= 4 is 6.41 Å². The smallest absolute Gasteiger partial charge is 0.235 e. The van der Waals surface area contributed by atoms with E-state index in [9.17, 15) is 4.79 Å². The van der Waals surface area contributed by atoms with Crippen molar-refractivity contribution in [3.8, 4) is 0 Å².